The van der Waals surface area contributed by atoms with Crippen molar-refractivity contribution in [2.45, 2.75) is 4.90 Å². The number of rotatable bonds is 8. The molecule has 0 aliphatic carbocycles. The summed E-state index contributed by atoms with van der Waals surface area (Å²) in [5.41, 5.74) is 0.144. The minimum atomic E-state index is -3.80. The summed E-state index contributed by atoms with van der Waals surface area (Å²) in [6, 6.07) is 17.7. The summed E-state index contributed by atoms with van der Waals surface area (Å²) in [5.74, 6) is 0.524. The average molecular weight is 414 g/mol. The number of ether oxygens (including phenoxy) is 2. The van der Waals surface area contributed by atoms with Gasteiger partial charge in [-0.05, 0) is 41.1 Å². The van der Waals surface area contributed by atoms with Gasteiger partial charge >= 0.3 is 0 Å². The molecule has 0 fully saturated rings. The summed E-state index contributed by atoms with van der Waals surface area (Å²) in [4.78, 5) is 11.9. The Morgan fingerprint density at radius 3 is 2.48 bits per heavy atom. The monoisotopic (exact) mass is 414 g/mol. The summed E-state index contributed by atoms with van der Waals surface area (Å²) >= 11 is 0. The molecule has 7 nitrogen and oxygen atoms in total. The lowest BCUT2D eigenvalue weighted by Gasteiger charge is -2.12. The second kappa shape index (κ2) is 8.93. The van der Waals surface area contributed by atoms with Crippen molar-refractivity contribution in [3.63, 3.8) is 0 Å². The van der Waals surface area contributed by atoms with Gasteiger partial charge in [-0.1, -0.05) is 30.3 Å². The Labute approximate surface area is 169 Å². The molecule has 152 valence electrons. The van der Waals surface area contributed by atoms with Crippen LogP contribution in [-0.2, 0) is 10.0 Å². The number of amides is 1. The maximum absolute atomic E-state index is 12.5. The fourth-order valence-corrected chi connectivity index (χ4v) is 3.89. The zero-order chi connectivity index (χ0) is 20.9. The summed E-state index contributed by atoms with van der Waals surface area (Å²) in [6.45, 7) is 0.243. The van der Waals surface area contributed by atoms with Crippen LogP contribution in [0.15, 0.2) is 65.6 Å². The molecule has 0 radical (unpaired) electrons. The van der Waals surface area contributed by atoms with Gasteiger partial charge < -0.3 is 14.8 Å². The molecule has 3 aromatic rings. The highest BCUT2D eigenvalue weighted by atomic mass is 32.2. The van der Waals surface area contributed by atoms with E-state index in [1.54, 1.807) is 0 Å². The van der Waals surface area contributed by atoms with Gasteiger partial charge in [0.1, 0.15) is 18.1 Å². The first kappa shape index (κ1) is 20.6. The van der Waals surface area contributed by atoms with Gasteiger partial charge in [0.05, 0.1) is 17.6 Å². The number of carbonyl (C=O) groups excluding carboxylic acids is 1. The lowest BCUT2D eigenvalue weighted by atomic mass is 10.1. The van der Waals surface area contributed by atoms with Crippen molar-refractivity contribution in [2.75, 3.05) is 27.3 Å². The predicted molar refractivity (Wildman–Crippen MR) is 111 cm³/mol. The highest BCUT2D eigenvalue weighted by Gasteiger charge is 2.19. The Morgan fingerprint density at radius 2 is 1.76 bits per heavy atom. The summed E-state index contributed by atoms with van der Waals surface area (Å²) < 4.78 is 38.3. The maximum Gasteiger partial charge on any atom is 0.254 e. The molecule has 0 unspecified atom stereocenters. The Kier molecular flexibility index (Phi) is 6.36. The number of benzene rings is 3. The maximum atomic E-state index is 12.5. The number of hydrogen-bond donors (Lipinski definition) is 2. The molecule has 0 aliphatic heterocycles. The average Bonchev–Trinajstić information content (AvgIpc) is 2.75. The fourth-order valence-electron chi connectivity index (χ4n) is 2.85. The fraction of sp³-hybridized carbons (Fsp3) is 0.190. The normalized spacial score (nSPS) is 11.2. The van der Waals surface area contributed by atoms with E-state index < -0.39 is 15.9 Å². The molecular weight excluding hydrogens is 392 g/mol. The number of methoxy groups -OCH3 is 1. The Bertz CT molecular complexity index is 1130. The van der Waals surface area contributed by atoms with Crippen molar-refractivity contribution in [3.05, 3.63) is 66.2 Å². The molecule has 29 heavy (non-hydrogen) atoms. The molecule has 3 aromatic carbocycles. The van der Waals surface area contributed by atoms with Crippen molar-refractivity contribution in [1.82, 2.24) is 10.0 Å². The topological polar surface area (TPSA) is 93.7 Å². The lowest BCUT2D eigenvalue weighted by molar-refractivity contribution is 0.0960. The van der Waals surface area contributed by atoms with Crippen molar-refractivity contribution in [3.8, 4) is 11.5 Å². The van der Waals surface area contributed by atoms with Crippen LogP contribution in [0.5, 0.6) is 11.5 Å². The standard InChI is InChI=1S/C21H22N2O5S/c1-22-21(24)19-14-18(9-10-20(19)27-2)29(25,26)23-11-12-28-17-8-7-15-5-3-4-6-16(15)13-17/h3-10,13-14,23H,11-12H2,1-2H3,(H,22,24). The van der Waals surface area contributed by atoms with Gasteiger partial charge in [0.15, 0.2) is 0 Å². The van der Waals surface area contributed by atoms with Crippen LogP contribution >= 0.6 is 0 Å². The third kappa shape index (κ3) is 4.85. The molecule has 0 aromatic heterocycles. The molecule has 0 heterocycles. The summed E-state index contributed by atoms with van der Waals surface area (Å²) in [5, 5.41) is 4.61. The van der Waals surface area contributed by atoms with Crippen LogP contribution in [0, 0.1) is 0 Å². The predicted octanol–water partition coefficient (Wildman–Crippen LogP) is 2.57. The van der Waals surface area contributed by atoms with Crippen molar-refractivity contribution in [1.29, 1.82) is 0 Å². The molecule has 0 bridgehead atoms. The van der Waals surface area contributed by atoms with Gasteiger partial charge in [-0.15, -0.1) is 0 Å². The molecule has 0 saturated heterocycles. The second-order valence-electron chi connectivity index (χ2n) is 6.20. The zero-order valence-corrected chi connectivity index (χ0v) is 17.0. The van der Waals surface area contributed by atoms with E-state index in [1.165, 1.54) is 32.4 Å². The summed E-state index contributed by atoms with van der Waals surface area (Å²) in [6.07, 6.45) is 0. The third-order valence-corrected chi connectivity index (χ3v) is 5.80. The number of fused-ring (bicyclic) bond motifs is 1. The van der Waals surface area contributed by atoms with E-state index >= 15 is 0 Å². The van der Waals surface area contributed by atoms with Gasteiger partial charge in [-0.2, -0.15) is 0 Å². The van der Waals surface area contributed by atoms with Gasteiger partial charge in [-0.3, -0.25) is 4.79 Å². The Hall–Kier alpha value is -3.10. The first-order valence-electron chi connectivity index (χ1n) is 8.96. The van der Waals surface area contributed by atoms with E-state index in [2.05, 4.69) is 10.0 Å². The van der Waals surface area contributed by atoms with Crippen molar-refractivity contribution in [2.24, 2.45) is 0 Å². The molecular formula is C21H22N2O5S. The highest BCUT2D eigenvalue weighted by Crippen LogP contribution is 2.23. The first-order valence-corrected chi connectivity index (χ1v) is 10.4. The zero-order valence-electron chi connectivity index (χ0n) is 16.1. The van der Waals surface area contributed by atoms with Crippen LogP contribution in [0.2, 0.25) is 0 Å². The van der Waals surface area contributed by atoms with Crippen LogP contribution in [0.3, 0.4) is 0 Å². The van der Waals surface area contributed by atoms with E-state index in [9.17, 15) is 13.2 Å². The van der Waals surface area contributed by atoms with E-state index in [-0.39, 0.29) is 23.6 Å². The van der Waals surface area contributed by atoms with Gasteiger partial charge in [0.25, 0.3) is 5.91 Å². The number of hydrogen-bond acceptors (Lipinski definition) is 5. The van der Waals surface area contributed by atoms with Crippen LogP contribution in [0.4, 0.5) is 0 Å². The minimum Gasteiger partial charge on any atom is -0.496 e. The third-order valence-electron chi connectivity index (χ3n) is 4.34. The van der Waals surface area contributed by atoms with Gasteiger partial charge in [0.2, 0.25) is 10.0 Å². The van der Waals surface area contributed by atoms with E-state index in [0.29, 0.717) is 11.5 Å². The van der Waals surface area contributed by atoms with Crippen molar-refractivity contribution >= 4 is 26.7 Å². The van der Waals surface area contributed by atoms with E-state index in [0.717, 1.165) is 10.8 Å². The molecule has 0 aliphatic rings. The highest BCUT2D eigenvalue weighted by molar-refractivity contribution is 7.89. The van der Waals surface area contributed by atoms with Crippen LogP contribution in [-0.4, -0.2) is 41.6 Å². The molecule has 0 spiro atoms. The van der Waals surface area contributed by atoms with Gasteiger partial charge in [-0.25, -0.2) is 13.1 Å². The Balaban J connectivity index is 1.64. The number of nitrogens with one attached hydrogen (secondary N) is 2. The van der Waals surface area contributed by atoms with E-state index in [1.807, 2.05) is 42.5 Å². The smallest absolute Gasteiger partial charge is 0.254 e. The molecule has 1 amide bonds. The van der Waals surface area contributed by atoms with Gasteiger partial charge in [0, 0.05) is 13.6 Å². The largest absolute Gasteiger partial charge is 0.496 e. The quantitative estimate of drug-likeness (QED) is 0.553. The lowest BCUT2D eigenvalue weighted by Crippen LogP contribution is -2.28. The summed E-state index contributed by atoms with van der Waals surface area (Å²) in [7, 11) is -0.926. The van der Waals surface area contributed by atoms with E-state index in [4.69, 9.17) is 9.47 Å². The number of sulfonamides is 1. The van der Waals surface area contributed by atoms with Crippen molar-refractivity contribution < 1.29 is 22.7 Å². The molecule has 2 N–H and O–H groups in total. The molecule has 8 heteroatoms. The first-order chi connectivity index (χ1) is 13.9. The molecule has 0 atom stereocenters. The SMILES string of the molecule is CNC(=O)c1cc(S(=O)(=O)NCCOc2ccc3ccccc3c2)ccc1OC. The van der Waals surface area contributed by atoms with Crippen LogP contribution in [0.25, 0.3) is 10.8 Å². The molecule has 0 saturated carbocycles. The Morgan fingerprint density at radius 1 is 1.00 bits per heavy atom. The van der Waals surface area contributed by atoms with Crippen LogP contribution < -0.4 is 19.5 Å². The second-order valence-corrected chi connectivity index (χ2v) is 7.96. The number of carbonyl (C=O) groups is 1. The molecule has 3 rings (SSSR count). The minimum absolute atomic E-state index is 0.0254. The van der Waals surface area contributed by atoms with Crippen LogP contribution in [0.1, 0.15) is 10.4 Å².